The van der Waals surface area contributed by atoms with Crippen LogP contribution in [0.25, 0.3) is 22.2 Å². The van der Waals surface area contributed by atoms with Crippen molar-refractivity contribution in [2.24, 2.45) is 5.73 Å². The molecule has 0 amide bonds. The number of rotatable bonds is 6. The van der Waals surface area contributed by atoms with Gasteiger partial charge in [-0.15, -0.1) is 0 Å². The molecule has 0 aliphatic heterocycles. The Kier molecular flexibility index (Phi) is 4.89. The lowest BCUT2D eigenvalue weighted by Gasteiger charge is -2.10. The van der Waals surface area contributed by atoms with Crippen molar-refractivity contribution in [3.8, 4) is 22.6 Å². The highest BCUT2D eigenvalue weighted by Crippen LogP contribution is 2.37. The van der Waals surface area contributed by atoms with Crippen LogP contribution in [-0.2, 0) is 13.1 Å². The minimum Gasteiger partial charge on any atom is -0.453 e. The molecule has 0 atom stereocenters. The predicted octanol–water partition coefficient (Wildman–Crippen LogP) is 4.26. The number of hydrogen-bond donors (Lipinski definition) is 2. The van der Waals surface area contributed by atoms with E-state index in [9.17, 15) is 4.39 Å². The number of pyridine rings is 2. The summed E-state index contributed by atoms with van der Waals surface area (Å²) in [6, 6.07) is 10.3. The first-order chi connectivity index (χ1) is 15.2. The molecule has 0 unspecified atom stereocenters. The summed E-state index contributed by atoms with van der Waals surface area (Å²) >= 11 is 0. The lowest BCUT2D eigenvalue weighted by molar-refractivity contribution is 0.445. The smallest absolute Gasteiger partial charge is 0.166 e. The fourth-order valence-electron chi connectivity index (χ4n) is 3.48. The minimum absolute atomic E-state index is 0.130. The van der Waals surface area contributed by atoms with Gasteiger partial charge in [0.1, 0.15) is 11.4 Å². The van der Waals surface area contributed by atoms with Crippen LogP contribution < -0.4 is 10.5 Å². The van der Waals surface area contributed by atoms with Crippen LogP contribution in [-0.4, -0.2) is 24.7 Å². The number of halogens is 1. The number of ether oxygens (including phenoxy) is 1. The second-order valence-electron chi connectivity index (χ2n) is 7.09. The molecular formula is C23H19FN6O. The van der Waals surface area contributed by atoms with Crippen LogP contribution in [0, 0.1) is 5.82 Å². The zero-order valence-electron chi connectivity index (χ0n) is 16.5. The molecule has 0 radical (unpaired) electrons. The Bertz CT molecular complexity index is 1340. The molecule has 5 aromatic rings. The van der Waals surface area contributed by atoms with Crippen LogP contribution in [0.1, 0.15) is 11.1 Å². The normalized spacial score (nSPS) is 11.2. The van der Waals surface area contributed by atoms with Crippen LogP contribution in [0.5, 0.6) is 11.5 Å². The van der Waals surface area contributed by atoms with Crippen molar-refractivity contribution in [3.63, 3.8) is 0 Å². The average molecular weight is 414 g/mol. The number of aromatic nitrogens is 5. The standard InChI is InChI=1S/C23H19FN6O/c24-19-9-16(10-25)1-2-20(19)31-21-5-8-27-23-22(21)18(12-28-23)17-11-29-30(14-17)13-15-3-6-26-7-4-15/h1-9,11-12,14H,10,13,25H2,(H,27,28). The second-order valence-corrected chi connectivity index (χ2v) is 7.09. The number of H-pyrrole nitrogens is 1. The Morgan fingerprint density at radius 2 is 1.90 bits per heavy atom. The SMILES string of the molecule is NCc1ccc(Oc2ccnc3[nH]cc(-c4cnn(Cc5ccncc5)c4)c23)c(F)c1. The summed E-state index contributed by atoms with van der Waals surface area (Å²) in [5, 5.41) is 5.23. The number of nitrogens with two attached hydrogens (primary N) is 1. The zero-order chi connectivity index (χ0) is 21.2. The van der Waals surface area contributed by atoms with E-state index in [1.807, 2.05) is 29.2 Å². The third kappa shape index (κ3) is 3.76. The Morgan fingerprint density at radius 3 is 2.71 bits per heavy atom. The second kappa shape index (κ2) is 8.00. The molecule has 0 saturated carbocycles. The molecule has 0 aliphatic carbocycles. The fraction of sp³-hybridized carbons (Fsp3) is 0.0870. The van der Waals surface area contributed by atoms with Crippen molar-refractivity contribution < 1.29 is 9.13 Å². The molecule has 31 heavy (non-hydrogen) atoms. The van der Waals surface area contributed by atoms with Crippen LogP contribution in [0.4, 0.5) is 4.39 Å². The highest BCUT2D eigenvalue weighted by molar-refractivity contribution is 5.98. The van der Waals surface area contributed by atoms with Crippen molar-refractivity contribution in [1.82, 2.24) is 24.7 Å². The lowest BCUT2D eigenvalue weighted by Crippen LogP contribution is -1.99. The van der Waals surface area contributed by atoms with E-state index in [2.05, 4.69) is 20.1 Å². The largest absolute Gasteiger partial charge is 0.453 e. The van der Waals surface area contributed by atoms with Crippen molar-refractivity contribution in [3.05, 3.63) is 90.5 Å². The van der Waals surface area contributed by atoms with Crippen molar-refractivity contribution >= 4 is 11.0 Å². The molecule has 4 heterocycles. The first kappa shape index (κ1) is 19.0. The molecule has 3 N–H and O–H groups in total. The zero-order valence-corrected chi connectivity index (χ0v) is 16.5. The van der Waals surface area contributed by atoms with Gasteiger partial charge in [-0.3, -0.25) is 9.67 Å². The monoisotopic (exact) mass is 414 g/mol. The van der Waals surface area contributed by atoms with E-state index < -0.39 is 5.82 Å². The van der Waals surface area contributed by atoms with Crippen LogP contribution in [0.15, 0.2) is 73.6 Å². The molecule has 8 heteroatoms. The van der Waals surface area contributed by atoms with Crippen molar-refractivity contribution in [1.29, 1.82) is 0 Å². The van der Waals surface area contributed by atoms with Gasteiger partial charge in [-0.1, -0.05) is 6.07 Å². The predicted molar refractivity (Wildman–Crippen MR) is 115 cm³/mol. The van der Waals surface area contributed by atoms with Gasteiger partial charge in [-0.05, 0) is 41.5 Å². The molecule has 4 aromatic heterocycles. The molecule has 1 aromatic carbocycles. The van der Waals surface area contributed by atoms with Gasteiger partial charge in [0.2, 0.25) is 0 Å². The average Bonchev–Trinajstić information content (AvgIpc) is 3.43. The van der Waals surface area contributed by atoms with Gasteiger partial charge < -0.3 is 15.5 Å². The maximum absolute atomic E-state index is 14.5. The van der Waals surface area contributed by atoms with Gasteiger partial charge in [0.15, 0.2) is 11.6 Å². The number of fused-ring (bicyclic) bond motifs is 1. The maximum Gasteiger partial charge on any atom is 0.166 e. The Balaban J connectivity index is 1.50. The van der Waals surface area contributed by atoms with E-state index in [1.54, 1.807) is 43.0 Å². The summed E-state index contributed by atoms with van der Waals surface area (Å²) in [5.74, 6) is 0.169. The first-order valence-corrected chi connectivity index (χ1v) is 9.75. The van der Waals surface area contributed by atoms with E-state index in [-0.39, 0.29) is 12.3 Å². The van der Waals surface area contributed by atoms with E-state index in [0.29, 0.717) is 23.5 Å². The summed E-state index contributed by atoms with van der Waals surface area (Å²) in [6.07, 6.45) is 10.7. The highest BCUT2D eigenvalue weighted by Gasteiger charge is 2.16. The van der Waals surface area contributed by atoms with Gasteiger partial charge >= 0.3 is 0 Å². The third-order valence-corrected chi connectivity index (χ3v) is 5.03. The highest BCUT2D eigenvalue weighted by atomic mass is 19.1. The quantitative estimate of drug-likeness (QED) is 0.433. The van der Waals surface area contributed by atoms with E-state index >= 15 is 0 Å². The molecule has 0 bridgehead atoms. The molecule has 5 rings (SSSR count). The first-order valence-electron chi connectivity index (χ1n) is 9.75. The molecule has 7 nitrogen and oxygen atoms in total. The fourth-order valence-corrected chi connectivity index (χ4v) is 3.48. The van der Waals surface area contributed by atoms with Gasteiger partial charge in [-0.25, -0.2) is 9.37 Å². The minimum atomic E-state index is -0.463. The summed E-state index contributed by atoms with van der Waals surface area (Å²) in [6.45, 7) is 0.896. The molecule has 0 fully saturated rings. The van der Waals surface area contributed by atoms with Gasteiger partial charge in [0, 0.05) is 48.7 Å². The van der Waals surface area contributed by atoms with E-state index in [4.69, 9.17) is 10.5 Å². The molecule has 0 saturated heterocycles. The summed E-state index contributed by atoms with van der Waals surface area (Å²) in [7, 11) is 0. The van der Waals surface area contributed by atoms with Crippen LogP contribution >= 0.6 is 0 Å². The van der Waals surface area contributed by atoms with Crippen LogP contribution in [0.2, 0.25) is 0 Å². The molecule has 154 valence electrons. The maximum atomic E-state index is 14.5. The van der Waals surface area contributed by atoms with E-state index in [1.165, 1.54) is 6.07 Å². The summed E-state index contributed by atoms with van der Waals surface area (Å²) in [5.41, 5.74) is 9.81. The summed E-state index contributed by atoms with van der Waals surface area (Å²) in [4.78, 5) is 11.6. The Morgan fingerprint density at radius 1 is 1.03 bits per heavy atom. The molecule has 0 aliphatic rings. The number of nitrogens with zero attached hydrogens (tertiary/aromatic N) is 4. The Labute approximate surface area is 177 Å². The number of aromatic amines is 1. The summed E-state index contributed by atoms with van der Waals surface area (Å²) < 4.78 is 22.2. The van der Waals surface area contributed by atoms with Gasteiger partial charge in [0.05, 0.1) is 18.1 Å². The van der Waals surface area contributed by atoms with E-state index in [0.717, 1.165) is 22.1 Å². The molecule has 0 spiro atoms. The van der Waals surface area contributed by atoms with Gasteiger partial charge in [0.25, 0.3) is 0 Å². The lowest BCUT2D eigenvalue weighted by atomic mass is 10.1. The number of hydrogen-bond acceptors (Lipinski definition) is 5. The topological polar surface area (TPSA) is 94.6 Å². The van der Waals surface area contributed by atoms with Crippen molar-refractivity contribution in [2.45, 2.75) is 13.1 Å². The van der Waals surface area contributed by atoms with Crippen LogP contribution in [0.3, 0.4) is 0 Å². The molecular weight excluding hydrogens is 395 g/mol. The van der Waals surface area contributed by atoms with Gasteiger partial charge in [-0.2, -0.15) is 5.10 Å². The Hall–Kier alpha value is -4.04. The number of benzene rings is 1. The third-order valence-electron chi connectivity index (χ3n) is 5.03. The van der Waals surface area contributed by atoms with Crippen molar-refractivity contribution in [2.75, 3.05) is 0 Å². The number of nitrogens with one attached hydrogen (secondary N) is 1.